The lowest BCUT2D eigenvalue weighted by Gasteiger charge is -2.27. The second-order valence-electron chi connectivity index (χ2n) is 9.90. The summed E-state index contributed by atoms with van der Waals surface area (Å²) in [6, 6.07) is 0. The third-order valence-corrected chi connectivity index (χ3v) is 5.91. The molecule has 0 aromatic carbocycles. The van der Waals surface area contributed by atoms with Crippen LogP contribution in [0.4, 0.5) is 0 Å². The van der Waals surface area contributed by atoms with Crippen molar-refractivity contribution in [1.82, 2.24) is 0 Å². The number of carbonyl (C=O) groups is 1. The lowest BCUT2D eigenvalue weighted by molar-refractivity contribution is -0.237. The van der Waals surface area contributed by atoms with Crippen LogP contribution in [0.1, 0.15) is 48.0 Å². The monoisotopic (exact) mass is 446 g/mol. The van der Waals surface area contributed by atoms with Gasteiger partial charge in [-0.1, -0.05) is 0 Å². The van der Waals surface area contributed by atoms with Crippen LogP contribution in [0.15, 0.2) is 0 Å². The number of fused-ring (bicyclic) bond motifs is 1. The predicted octanol–water partition coefficient (Wildman–Crippen LogP) is 0.870. The molecule has 4 heterocycles. The number of aliphatic hydroxyl groups is 1. The number of rotatable bonds is 6. The fourth-order valence-corrected chi connectivity index (χ4v) is 4.72. The highest BCUT2D eigenvalue weighted by Crippen LogP contribution is 2.41. The summed E-state index contributed by atoms with van der Waals surface area (Å²) in [5.74, 6) is -2.87. The minimum atomic E-state index is -1.14. The van der Waals surface area contributed by atoms with Crippen LogP contribution in [0.2, 0.25) is 0 Å². The van der Waals surface area contributed by atoms with E-state index in [1.807, 2.05) is 0 Å². The Hall–Kier alpha value is -0.690. The van der Waals surface area contributed by atoms with Crippen LogP contribution in [-0.2, 0) is 42.7 Å². The minimum absolute atomic E-state index is 0.203. The first-order chi connectivity index (χ1) is 14.3. The summed E-state index contributed by atoms with van der Waals surface area (Å²) in [6.07, 6.45) is -5.86. The van der Waals surface area contributed by atoms with Crippen LogP contribution in [0, 0.1) is 0 Å². The summed E-state index contributed by atoms with van der Waals surface area (Å²) in [4.78, 5) is 13.2. The maximum absolute atomic E-state index is 13.2. The molecule has 0 aromatic rings. The van der Waals surface area contributed by atoms with Crippen molar-refractivity contribution in [3.05, 3.63) is 0 Å². The fourth-order valence-electron chi connectivity index (χ4n) is 4.72. The summed E-state index contributed by atoms with van der Waals surface area (Å²) in [5.41, 5.74) is 0. The van der Waals surface area contributed by atoms with Crippen LogP contribution in [-0.4, -0.2) is 91.0 Å². The Labute approximate surface area is 182 Å². The van der Waals surface area contributed by atoms with Gasteiger partial charge in [-0.25, -0.2) is 0 Å². The molecule has 4 aliphatic rings. The smallest absolute Gasteiger partial charge is 0.186 e. The van der Waals surface area contributed by atoms with Crippen molar-refractivity contribution < 1.29 is 47.8 Å². The van der Waals surface area contributed by atoms with Gasteiger partial charge in [-0.2, -0.15) is 0 Å². The van der Waals surface area contributed by atoms with Gasteiger partial charge in [0.25, 0.3) is 0 Å². The van der Waals surface area contributed by atoms with Crippen LogP contribution >= 0.6 is 0 Å². The van der Waals surface area contributed by atoms with Crippen LogP contribution < -0.4 is 0 Å². The molecule has 0 bridgehead atoms. The van der Waals surface area contributed by atoms with Crippen molar-refractivity contribution in [2.45, 2.75) is 114 Å². The first-order valence-corrected chi connectivity index (χ1v) is 10.7. The van der Waals surface area contributed by atoms with Gasteiger partial charge in [-0.3, -0.25) is 4.79 Å². The minimum Gasteiger partial charge on any atom is -0.390 e. The molecule has 4 fully saturated rings. The van der Waals surface area contributed by atoms with Gasteiger partial charge in [0, 0.05) is 13.5 Å². The SMILES string of the molecule is CO[C@H]1O[C@H]([C@H](O)CC(=O)[C@@H]2OC(C)(C)O[C@H]2[C@@H]2COC(C)(C)O2)[C@@H]2OC(C)(C)O[C@H]12. The molecule has 0 aromatic heterocycles. The molecule has 0 aliphatic carbocycles. The van der Waals surface area contributed by atoms with Crippen molar-refractivity contribution in [3.63, 3.8) is 0 Å². The van der Waals surface area contributed by atoms with Gasteiger partial charge in [0.1, 0.15) is 36.6 Å². The van der Waals surface area contributed by atoms with Crippen molar-refractivity contribution in [3.8, 4) is 0 Å². The van der Waals surface area contributed by atoms with Crippen LogP contribution in [0.3, 0.4) is 0 Å². The molecule has 0 amide bonds. The Morgan fingerprint density at radius 2 is 1.55 bits per heavy atom. The van der Waals surface area contributed by atoms with E-state index in [2.05, 4.69) is 0 Å². The second kappa shape index (κ2) is 7.96. The summed E-state index contributed by atoms with van der Waals surface area (Å²) < 4.78 is 46.3. The molecule has 4 aliphatic heterocycles. The number of ketones is 1. The Morgan fingerprint density at radius 1 is 0.935 bits per heavy atom. The number of methoxy groups -OCH3 is 1. The molecule has 0 radical (unpaired) electrons. The Balaban J connectivity index is 1.44. The van der Waals surface area contributed by atoms with E-state index < -0.39 is 66.4 Å². The number of carbonyl (C=O) groups excluding carboxylic acids is 1. The number of hydrogen-bond donors (Lipinski definition) is 1. The largest absolute Gasteiger partial charge is 0.390 e. The van der Waals surface area contributed by atoms with Gasteiger partial charge in [-0.05, 0) is 41.5 Å². The van der Waals surface area contributed by atoms with Gasteiger partial charge in [0.15, 0.2) is 29.4 Å². The summed E-state index contributed by atoms with van der Waals surface area (Å²) in [7, 11) is 1.50. The molecule has 10 nitrogen and oxygen atoms in total. The van der Waals surface area contributed by atoms with E-state index in [9.17, 15) is 9.90 Å². The maximum atomic E-state index is 13.2. The van der Waals surface area contributed by atoms with Gasteiger partial charge < -0.3 is 43.0 Å². The van der Waals surface area contributed by atoms with Crippen LogP contribution in [0.5, 0.6) is 0 Å². The third kappa shape index (κ3) is 4.68. The Kier molecular flexibility index (Phi) is 6.03. The zero-order chi connectivity index (χ0) is 22.8. The molecule has 4 rings (SSSR count). The van der Waals surface area contributed by atoms with Gasteiger partial charge >= 0.3 is 0 Å². The highest BCUT2D eigenvalue weighted by Gasteiger charge is 2.58. The highest BCUT2D eigenvalue weighted by atomic mass is 16.8. The summed E-state index contributed by atoms with van der Waals surface area (Å²) >= 11 is 0. The molecule has 0 saturated carbocycles. The quantitative estimate of drug-likeness (QED) is 0.631. The predicted molar refractivity (Wildman–Crippen MR) is 104 cm³/mol. The van der Waals surface area contributed by atoms with E-state index in [1.165, 1.54) is 7.11 Å². The van der Waals surface area contributed by atoms with Crippen molar-refractivity contribution in [2.24, 2.45) is 0 Å². The average molecular weight is 446 g/mol. The fraction of sp³-hybridized carbons (Fsp3) is 0.952. The molecule has 178 valence electrons. The zero-order valence-corrected chi connectivity index (χ0v) is 19.2. The van der Waals surface area contributed by atoms with Crippen LogP contribution in [0.25, 0.3) is 0 Å². The normalized spacial score (nSPS) is 43.8. The van der Waals surface area contributed by atoms with E-state index in [0.29, 0.717) is 0 Å². The van der Waals surface area contributed by atoms with E-state index in [0.717, 1.165) is 0 Å². The summed E-state index contributed by atoms with van der Waals surface area (Å²) in [6.45, 7) is 10.9. The van der Waals surface area contributed by atoms with Gasteiger partial charge in [0.2, 0.25) is 0 Å². The Morgan fingerprint density at radius 3 is 2.16 bits per heavy atom. The van der Waals surface area contributed by atoms with E-state index >= 15 is 0 Å². The molecule has 0 unspecified atom stereocenters. The first-order valence-electron chi connectivity index (χ1n) is 10.7. The molecular weight excluding hydrogens is 412 g/mol. The molecule has 10 heteroatoms. The van der Waals surface area contributed by atoms with Crippen molar-refractivity contribution in [2.75, 3.05) is 13.7 Å². The number of Topliss-reactive ketones (excluding diaryl/α,β-unsaturated/α-hetero) is 1. The van der Waals surface area contributed by atoms with E-state index in [-0.39, 0.29) is 18.8 Å². The number of hydrogen-bond acceptors (Lipinski definition) is 10. The number of ether oxygens (including phenoxy) is 8. The summed E-state index contributed by atoms with van der Waals surface area (Å²) in [5, 5.41) is 10.9. The molecule has 8 atom stereocenters. The molecular formula is C21H34O10. The molecule has 31 heavy (non-hydrogen) atoms. The van der Waals surface area contributed by atoms with Gasteiger partial charge in [-0.15, -0.1) is 0 Å². The molecule has 0 spiro atoms. The van der Waals surface area contributed by atoms with Crippen molar-refractivity contribution in [1.29, 1.82) is 0 Å². The van der Waals surface area contributed by atoms with Crippen molar-refractivity contribution >= 4 is 5.78 Å². The standard InChI is InChI=1S/C21H34O10/c1-19(2)25-9-12(27-19)15-14(28-20(3,4)29-15)11(23)8-10(22)13-16-17(18(24-7)26-13)31-21(5,6)30-16/h10,12-18,22H,8-9H2,1-7H3/t10-,12+,13-,14+,15+,16+,17+,18+/m1/s1. The second-order valence-corrected chi connectivity index (χ2v) is 9.90. The highest BCUT2D eigenvalue weighted by molar-refractivity contribution is 5.84. The topological polar surface area (TPSA) is 111 Å². The molecule has 4 saturated heterocycles. The number of aliphatic hydroxyl groups excluding tert-OH is 1. The lowest BCUT2D eigenvalue weighted by atomic mass is 9.96. The van der Waals surface area contributed by atoms with Gasteiger partial charge in [0.05, 0.1) is 12.7 Å². The molecule has 1 N–H and O–H groups in total. The third-order valence-electron chi connectivity index (χ3n) is 5.91. The maximum Gasteiger partial charge on any atom is 0.186 e. The Bertz CT molecular complexity index is 692. The van der Waals surface area contributed by atoms with E-state index in [4.69, 9.17) is 37.9 Å². The zero-order valence-electron chi connectivity index (χ0n) is 19.2. The van der Waals surface area contributed by atoms with E-state index in [1.54, 1.807) is 41.5 Å². The average Bonchev–Trinajstić information content (AvgIpc) is 3.34. The lowest BCUT2D eigenvalue weighted by Crippen LogP contribution is -2.45. The first kappa shape index (κ1) is 23.5.